The van der Waals surface area contributed by atoms with Crippen molar-refractivity contribution in [1.82, 2.24) is 10.6 Å². The Morgan fingerprint density at radius 2 is 2.44 bits per heavy atom. The maximum atomic E-state index is 11.2. The van der Waals surface area contributed by atoms with Gasteiger partial charge in [0, 0.05) is 13.1 Å². The summed E-state index contributed by atoms with van der Waals surface area (Å²) in [4.78, 5) is 11.2. The van der Waals surface area contributed by atoms with E-state index in [0.717, 1.165) is 6.42 Å². The Balaban J connectivity index is 2.13. The largest absolute Gasteiger partial charge is 0.467 e. The lowest BCUT2D eigenvalue weighted by atomic mass is 10.3. The predicted molar refractivity (Wildman–Crippen MR) is 59.8 cm³/mol. The number of nitrogens with one attached hydrogen (secondary N) is 2. The van der Waals surface area contributed by atoms with E-state index >= 15 is 0 Å². The van der Waals surface area contributed by atoms with Gasteiger partial charge in [-0.15, -0.1) is 0 Å². The number of amides is 1. The SMILES string of the molecule is CCCNC(=O)CNCC(O)c1ccco1. The highest BCUT2D eigenvalue weighted by atomic mass is 16.4. The fraction of sp³-hybridized carbons (Fsp3) is 0.545. The van der Waals surface area contributed by atoms with Gasteiger partial charge in [0.2, 0.25) is 5.91 Å². The number of furan rings is 1. The van der Waals surface area contributed by atoms with Gasteiger partial charge < -0.3 is 20.2 Å². The Kier molecular flexibility index (Phi) is 5.60. The lowest BCUT2D eigenvalue weighted by Gasteiger charge is -2.09. The molecular formula is C11H18N2O3. The van der Waals surface area contributed by atoms with Gasteiger partial charge in [-0.1, -0.05) is 6.92 Å². The Hall–Kier alpha value is -1.33. The molecule has 0 fully saturated rings. The number of hydrogen-bond donors (Lipinski definition) is 3. The number of aliphatic hydroxyl groups is 1. The van der Waals surface area contributed by atoms with Crippen molar-refractivity contribution in [3.05, 3.63) is 24.2 Å². The zero-order valence-electron chi connectivity index (χ0n) is 9.40. The molecule has 1 aromatic rings. The van der Waals surface area contributed by atoms with Crippen LogP contribution >= 0.6 is 0 Å². The highest BCUT2D eigenvalue weighted by molar-refractivity contribution is 5.77. The van der Waals surface area contributed by atoms with Crippen molar-refractivity contribution < 1.29 is 14.3 Å². The third-order valence-electron chi connectivity index (χ3n) is 2.07. The average Bonchev–Trinajstić information content (AvgIpc) is 2.79. The maximum Gasteiger partial charge on any atom is 0.233 e. The van der Waals surface area contributed by atoms with Crippen LogP contribution < -0.4 is 10.6 Å². The molecule has 0 spiro atoms. The van der Waals surface area contributed by atoms with Crippen molar-refractivity contribution in [2.24, 2.45) is 0 Å². The van der Waals surface area contributed by atoms with Crippen molar-refractivity contribution in [3.8, 4) is 0 Å². The molecule has 0 saturated carbocycles. The van der Waals surface area contributed by atoms with E-state index in [1.807, 2.05) is 6.92 Å². The van der Waals surface area contributed by atoms with Crippen LogP contribution in [-0.4, -0.2) is 30.6 Å². The maximum absolute atomic E-state index is 11.2. The van der Waals surface area contributed by atoms with E-state index in [-0.39, 0.29) is 12.5 Å². The van der Waals surface area contributed by atoms with E-state index < -0.39 is 6.10 Å². The Morgan fingerprint density at radius 3 is 3.06 bits per heavy atom. The number of carbonyl (C=O) groups is 1. The smallest absolute Gasteiger partial charge is 0.233 e. The summed E-state index contributed by atoms with van der Waals surface area (Å²) in [6, 6.07) is 3.41. The van der Waals surface area contributed by atoms with Gasteiger partial charge in [0.15, 0.2) is 0 Å². The summed E-state index contributed by atoms with van der Waals surface area (Å²) in [7, 11) is 0. The molecule has 0 aromatic carbocycles. The molecule has 1 rings (SSSR count). The molecule has 1 unspecified atom stereocenters. The Bertz CT molecular complexity index is 298. The molecule has 90 valence electrons. The Morgan fingerprint density at radius 1 is 1.62 bits per heavy atom. The number of carbonyl (C=O) groups excluding carboxylic acids is 1. The van der Waals surface area contributed by atoms with Crippen LogP contribution in [0.15, 0.2) is 22.8 Å². The summed E-state index contributed by atoms with van der Waals surface area (Å²) in [5, 5.41) is 15.2. The molecule has 5 nitrogen and oxygen atoms in total. The van der Waals surface area contributed by atoms with E-state index in [4.69, 9.17) is 4.42 Å². The zero-order chi connectivity index (χ0) is 11.8. The van der Waals surface area contributed by atoms with E-state index in [9.17, 15) is 9.90 Å². The van der Waals surface area contributed by atoms with Gasteiger partial charge >= 0.3 is 0 Å². The molecule has 3 N–H and O–H groups in total. The molecular weight excluding hydrogens is 208 g/mol. The minimum Gasteiger partial charge on any atom is -0.467 e. The second-order valence-corrected chi connectivity index (χ2v) is 3.51. The average molecular weight is 226 g/mol. The fourth-order valence-corrected chi connectivity index (χ4v) is 1.23. The third kappa shape index (κ3) is 4.46. The quantitative estimate of drug-likeness (QED) is 0.630. The summed E-state index contributed by atoms with van der Waals surface area (Å²) in [6.45, 7) is 3.18. The van der Waals surface area contributed by atoms with Gasteiger partial charge in [-0.2, -0.15) is 0 Å². The van der Waals surface area contributed by atoms with Gasteiger partial charge in [0.25, 0.3) is 0 Å². The summed E-state index contributed by atoms with van der Waals surface area (Å²) < 4.78 is 5.03. The highest BCUT2D eigenvalue weighted by Crippen LogP contribution is 2.11. The molecule has 1 heterocycles. The third-order valence-corrected chi connectivity index (χ3v) is 2.07. The first-order valence-electron chi connectivity index (χ1n) is 5.43. The van der Waals surface area contributed by atoms with Gasteiger partial charge in [0.05, 0.1) is 12.8 Å². The van der Waals surface area contributed by atoms with Crippen molar-refractivity contribution >= 4 is 5.91 Å². The normalized spacial score (nSPS) is 12.4. The summed E-state index contributed by atoms with van der Waals surface area (Å²) in [5.74, 6) is 0.440. The van der Waals surface area contributed by atoms with Crippen molar-refractivity contribution in [2.45, 2.75) is 19.4 Å². The topological polar surface area (TPSA) is 74.5 Å². The van der Waals surface area contributed by atoms with Crippen molar-refractivity contribution in [1.29, 1.82) is 0 Å². The first-order chi connectivity index (χ1) is 7.74. The van der Waals surface area contributed by atoms with Crippen LogP contribution in [0.3, 0.4) is 0 Å². The van der Waals surface area contributed by atoms with Crippen LogP contribution in [0.25, 0.3) is 0 Å². The molecule has 1 amide bonds. The van der Waals surface area contributed by atoms with Gasteiger partial charge in [-0.25, -0.2) is 0 Å². The summed E-state index contributed by atoms with van der Waals surface area (Å²) in [6.07, 6.45) is 1.71. The molecule has 5 heteroatoms. The molecule has 0 radical (unpaired) electrons. The summed E-state index contributed by atoms with van der Waals surface area (Å²) in [5.41, 5.74) is 0. The van der Waals surface area contributed by atoms with Crippen LogP contribution in [0.5, 0.6) is 0 Å². The van der Waals surface area contributed by atoms with Crippen LogP contribution in [0.1, 0.15) is 25.2 Å². The van der Waals surface area contributed by atoms with Crippen LogP contribution in [-0.2, 0) is 4.79 Å². The molecule has 0 aliphatic heterocycles. The van der Waals surface area contributed by atoms with Crippen molar-refractivity contribution in [2.75, 3.05) is 19.6 Å². The minimum atomic E-state index is -0.714. The van der Waals surface area contributed by atoms with E-state index in [2.05, 4.69) is 10.6 Å². The van der Waals surface area contributed by atoms with E-state index in [0.29, 0.717) is 18.8 Å². The first-order valence-corrected chi connectivity index (χ1v) is 5.43. The van der Waals surface area contributed by atoms with Crippen molar-refractivity contribution in [3.63, 3.8) is 0 Å². The molecule has 0 bridgehead atoms. The Labute approximate surface area is 94.8 Å². The van der Waals surface area contributed by atoms with E-state index in [1.165, 1.54) is 6.26 Å². The second kappa shape index (κ2) is 7.03. The molecule has 0 aliphatic rings. The van der Waals surface area contributed by atoms with Gasteiger partial charge in [-0.3, -0.25) is 4.79 Å². The zero-order valence-corrected chi connectivity index (χ0v) is 9.40. The van der Waals surface area contributed by atoms with E-state index in [1.54, 1.807) is 12.1 Å². The minimum absolute atomic E-state index is 0.0616. The first kappa shape index (κ1) is 12.7. The molecule has 0 saturated heterocycles. The number of aliphatic hydroxyl groups excluding tert-OH is 1. The molecule has 0 aliphatic carbocycles. The predicted octanol–water partition coefficient (Wildman–Crippen LogP) is 0.429. The molecule has 1 aromatic heterocycles. The molecule has 1 atom stereocenters. The van der Waals surface area contributed by atoms with Crippen LogP contribution in [0.2, 0.25) is 0 Å². The summed E-state index contributed by atoms with van der Waals surface area (Å²) >= 11 is 0. The second-order valence-electron chi connectivity index (χ2n) is 3.51. The lowest BCUT2D eigenvalue weighted by molar-refractivity contribution is -0.120. The van der Waals surface area contributed by atoms with Crippen LogP contribution in [0, 0.1) is 0 Å². The monoisotopic (exact) mass is 226 g/mol. The number of rotatable bonds is 7. The lowest BCUT2D eigenvalue weighted by Crippen LogP contribution is -2.35. The van der Waals surface area contributed by atoms with Crippen LogP contribution in [0.4, 0.5) is 0 Å². The highest BCUT2D eigenvalue weighted by Gasteiger charge is 2.10. The fourth-order valence-electron chi connectivity index (χ4n) is 1.23. The number of hydrogen-bond acceptors (Lipinski definition) is 4. The van der Waals surface area contributed by atoms with Gasteiger partial charge in [0.1, 0.15) is 11.9 Å². The molecule has 16 heavy (non-hydrogen) atoms. The standard InChI is InChI=1S/C11H18N2O3/c1-2-5-13-11(15)8-12-7-9(14)10-4-3-6-16-10/h3-4,6,9,12,14H,2,5,7-8H2,1H3,(H,13,15). The van der Waals surface area contributed by atoms with Gasteiger partial charge in [-0.05, 0) is 18.6 Å².